The Kier molecular flexibility index (Phi) is 7.67. The molecule has 0 aromatic rings. The van der Waals surface area contributed by atoms with Crippen LogP contribution in [0.5, 0.6) is 0 Å². The Bertz CT molecular complexity index is 312. The van der Waals surface area contributed by atoms with Gasteiger partial charge in [-0.05, 0) is 31.1 Å². The lowest BCUT2D eigenvalue weighted by Crippen LogP contribution is -2.50. The average Bonchev–Trinajstić information content (AvgIpc) is 2.35. The second-order valence-corrected chi connectivity index (χ2v) is 7.53. The quantitative estimate of drug-likeness (QED) is 0.735. The van der Waals surface area contributed by atoms with Gasteiger partial charge in [-0.25, -0.2) is 0 Å². The number of likely N-dealkylation sites (tertiary alicyclic amines) is 1. The molecule has 2 atom stereocenters. The molecule has 0 saturated carbocycles. The summed E-state index contributed by atoms with van der Waals surface area (Å²) in [4.78, 5) is 14.6. The van der Waals surface area contributed by atoms with Crippen molar-refractivity contribution >= 4 is 5.91 Å². The first-order chi connectivity index (χ1) is 9.81. The van der Waals surface area contributed by atoms with Crippen LogP contribution >= 0.6 is 0 Å². The van der Waals surface area contributed by atoms with Gasteiger partial charge in [-0.1, -0.05) is 27.7 Å². The van der Waals surface area contributed by atoms with Crippen LogP contribution in [0.1, 0.15) is 53.9 Å². The third-order valence-corrected chi connectivity index (χ3v) is 3.99. The summed E-state index contributed by atoms with van der Waals surface area (Å²) in [6.45, 7) is 15.5. The van der Waals surface area contributed by atoms with Crippen LogP contribution in [-0.4, -0.2) is 49.7 Å². The van der Waals surface area contributed by atoms with E-state index < -0.39 is 0 Å². The minimum absolute atomic E-state index is 0.0628. The van der Waals surface area contributed by atoms with E-state index >= 15 is 0 Å². The summed E-state index contributed by atoms with van der Waals surface area (Å²) in [5.41, 5.74) is 0.0628. The van der Waals surface area contributed by atoms with Gasteiger partial charge in [-0.2, -0.15) is 0 Å². The van der Waals surface area contributed by atoms with Gasteiger partial charge in [0.2, 0.25) is 5.91 Å². The van der Waals surface area contributed by atoms with E-state index in [1.807, 2.05) is 6.92 Å². The number of carbonyl (C=O) groups is 1. The second-order valence-electron chi connectivity index (χ2n) is 7.53. The maximum absolute atomic E-state index is 12.1. The Morgan fingerprint density at radius 2 is 2.10 bits per heavy atom. The summed E-state index contributed by atoms with van der Waals surface area (Å²) < 4.78 is 5.39. The maximum Gasteiger partial charge on any atom is 0.220 e. The van der Waals surface area contributed by atoms with Gasteiger partial charge < -0.3 is 15.0 Å². The monoisotopic (exact) mass is 298 g/mol. The van der Waals surface area contributed by atoms with Crippen LogP contribution in [0.4, 0.5) is 0 Å². The highest BCUT2D eigenvalue weighted by molar-refractivity contribution is 5.76. The van der Waals surface area contributed by atoms with Gasteiger partial charge >= 0.3 is 0 Å². The Balaban J connectivity index is 2.27. The lowest BCUT2D eigenvalue weighted by molar-refractivity contribution is -0.124. The number of hydrogen-bond acceptors (Lipinski definition) is 3. The lowest BCUT2D eigenvalue weighted by Gasteiger charge is -2.37. The number of piperidine rings is 1. The third-order valence-electron chi connectivity index (χ3n) is 3.99. The van der Waals surface area contributed by atoms with Crippen LogP contribution < -0.4 is 5.32 Å². The van der Waals surface area contributed by atoms with Crippen molar-refractivity contribution < 1.29 is 9.53 Å². The number of amides is 1. The Morgan fingerprint density at radius 3 is 2.67 bits per heavy atom. The van der Waals surface area contributed by atoms with Crippen molar-refractivity contribution in [1.82, 2.24) is 10.2 Å². The highest BCUT2D eigenvalue weighted by Gasteiger charge is 2.27. The third kappa shape index (κ3) is 7.82. The summed E-state index contributed by atoms with van der Waals surface area (Å²) >= 11 is 0. The number of hydrogen-bond donors (Lipinski definition) is 1. The molecular weight excluding hydrogens is 264 g/mol. The second kappa shape index (κ2) is 8.74. The minimum Gasteiger partial charge on any atom is -0.382 e. The fraction of sp³-hybridized carbons (Fsp3) is 0.941. The smallest absolute Gasteiger partial charge is 0.220 e. The molecule has 4 nitrogen and oxygen atoms in total. The molecule has 1 saturated heterocycles. The van der Waals surface area contributed by atoms with Gasteiger partial charge in [0.25, 0.3) is 0 Å². The molecule has 0 unspecified atom stereocenters. The van der Waals surface area contributed by atoms with Crippen molar-refractivity contribution in [3.8, 4) is 0 Å². The predicted molar refractivity (Wildman–Crippen MR) is 87.3 cm³/mol. The molecule has 0 aromatic carbocycles. The summed E-state index contributed by atoms with van der Waals surface area (Å²) in [5, 5.41) is 3.23. The first-order valence-electron chi connectivity index (χ1n) is 8.41. The van der Waals surface area contributed by atoms with E-state index in [1.165, 1.54) is 0 Å². The number of nitrogens with one attached hydrogen (secondary N) is 1. The standard InChI is InChI=1S/C17H34N2O2/c1-6-21-11-7-9-19-10-8-15(14(2)13-19)18-16(20)12-17(3,4)5/h14-15H,6-13H2,1-5H3,(H,18,20)/t14-,15+/m0/s1. The molecule has 0 aromatic heterocycles. The molecule has 1 amide bonds. The summed E-state index contributed by atoms with van der Waals surface area (Å²) in [7, 11) is 0. The fourth-order valence-corrected chi connectivity index (χ4v) is 2.92. The van der Waals surface area contributed by atoms with Crippen LogP contribution in [0.2, 0.25) is 0 Å². The van der Waals surface area contributed by atoms with Crippen molar-refractivity contribution in [2.24, 2.45) is 11.3 Å². The molecule has 21 heavy (non-hydrogen) atoms. The van der Waals surface area contributed by atoms with Gasteiger partial charge in [-0.3, -0.25) is 4.79 Å². The zero-order valence-electron chi connectivity index (χ0n) is 14.6. The highest BCUT2D eigenvalue weighted by atomic mass is 16.5. The summed E-state index contributed by atoms with van der Waals surface area (Å²) in [5.74, 6) is 0.721. The van der Waals surface area contributed by atoms with Crippen molar-refractivity contribution in [3.05, 3.63) is 0 Å². The SMILES string of the molecule is CCOCCCN1CC[C@@H](NC(=O)CC(C)(C)C)[C@@H](C)C1. The predicted octanol–water partition coefficient (Wildman–Crippen LogP) is 2.68. The van der Waals surface area contributed by atoms with Crippen molar-refractivity contribution in [1.29, 1.82) is 0 Å². The minimum atomic E-state index is 0.0628. The zero-order chi connectivity index (χ0) is 15.9. The highest BCUT2D eigenvalue weighted by Crippen LogP contribution is 2.20. The van der Waals surface area contributed by atoms with E-state index in [0.717, 1.165) is 45.7 Å². The fourth-order valence-electron chi connectivity index (χ4n) is 2.92. The molecule has 0 aliphatic carbocycles. The Labute approximate surface area is 130 Å². The lowest BCUT2D eigenvalue weighted by atomic mass is 9.90. The van der Waals surface area contributed by atoms with E-state index in [4.69, 9.17) is 4.74 Å². The molecule has 0 spiro atoms. The van der Waals surface area contributed by atoms with Gasteiger partial charge in [0.05, 0.1) is 0 Å². The molecule has 1 fully saturated rings. The average molecular weight is 298 g/mol. The van der Waals surface area contributed by atoms with Crippen molar-refractivity contribution in [3.63, 3.8) is 0 Å². The van der Waals surface area contributed by atoms with Gasteiger partial charge in [0.1, 0.15) is 0 Å². The van der Waals surface area contributed by atoms with Crippen LogP contribution in [0, 0.1) is 11.3 Å². The molecule has 1 heterocycles. The number of nitrogens with zero attached hydrogens (tertiary/aromatic N) is 1. The van der Waals surface area contributed by atoms with Crippen LogP contribution in [0.25, 0.3) is 0 Å². The first-order valence-corrected chi connectivity index (χ1v) is 8.41. The van der Waals surface area contributed by atoms with Gasteiger partial charge in [0, 0.05) is 45.3 Å². The molecule has 124 valence electrons. The van der Waals surface area contributed by atoms with Crippen LogP contribution in [0.15, 0.2) is 0 Å². The molecule has 4 heteroatoms. The van der Waals surface area contributed by atoms with Crippen molar-refractivity contribution in [2.75, 3.05) is 32.8 Å². The molecule has 1 aliphatic heterocycles. The van der Waals surface area contributed by atoms with Crippen LogP contribution in [-0.2, 0) is 9.53 Å². The Morgan fingerprint density at radius 1 is 1.38 bits per heavy atom. The van der Waals surface area contributed by atoms with E-state index in [0.29, 0.717) is 18.4 Å². The summed E-state index contributed by atoms with van der Waals surface area (Å²) in [6.07, 6.45) is 2.77. The normalized spacial score (nSPS) is 24.0. The molecule has 1 N–H and O–H groups in total. The van der Waals surface area contributed by atoms with Crippen LogP contribution in [0.3, 0.4) is 0 Å². The zero-order valence-corrected chi connectivity index (χ0v) is 14.6. The topological polar surface area (TPSA) is 41.6 Å². The Hall–Kier alpha value is -0.610. The molecule has 1 rings (SSSR count). The number of rotatable bonds is 7. The van der Waals surface area contributed by atoms with Gasteiger partial charge in [0.15, 0.2) is 0 Å². The maximum atomic E-state index is 12.1. The molecule has 0 radical (unpaired) electrons. The molecular formula is C17H34N2O2. The summed E-state index contributed by atoms with van der Waals surface area (Å²) in [6, 6.07) is 0.336. The van der Waals surface area contributed by atoms with E-state index in [1.54, 1.807) is 0 Å². The van der Waals surface area contributed by atoms with Gasteiger partial charge in [-0.15, -0.1) is 0 Å². The molecule has 0 bridgehead atoms. The van der Waals surface area contributed by atoms with E-state index in [-0.39, 0.29) is 11.3 Å². The van der Waals surface area contributed by atoms with E-state index in [9.17, 15) is 4.79 Å². The largest absolute Gasteiger partial charge is 0.382 e. The van der Waals surface area contributed by atoms with E-state index in [2.05, 4.69) is 37.9 Å². The van der Waals surface area contributed by atoms with Crippen molar-refractivity contribution in [2.45, 2.75) is 59.9 Å². The number of ether oxygens (including phenoxy) is 1. The first kappa shape index (κ1) is 18.4. The number of carbonyl (C=O) groups excluding carboxylic acids is 1. The molecule has 1 aliphatic rings.